The lowest BCUT2D eigenvalue weighted by Crippen LogP contribution is -2.47. The summed E-state index contributed by atoms with van der Waals surface area (Å²) in [6, 6.07) is 8.18. The number of fused-ring (bicyclic) bond motifs is 2. The van der Waals surface area contributed by atoms with Gasteiger partial charge in [0.25, 0.3) is 0 Å². The van der Waals surface area contributed by atoms with Gasteiger partial charge >= 0.3 is 0 Å². The third-order valence-corrected chi connectivity index (χ3v) is 10.1. The van der Waals surface area contributed by atoms with Gasteiger partial charge in [-0.25, -0.2) is 23.9 Å². The van der Waals surface area contributed by atoms with Crippen molar-refractivity contribution in [2.45, 2.75) is 19.4 Å². The number of thiophene rings is 1. The molecule has 2 aliphatic heterocycles. The number of hydroxylamine groups is 1. The Morgan fingerprint density at radius 3 is 2.62 bits per heavy atom. The van der Waals surface area contributed by atoms with Crippen LogP contribution in [0.1, 0.15) is 17.7 Å². The summed E-state index contributed by atoms with van der Waals surface area (Å²) >= 11 is 1.71. The lowest BCUT2D eigenvalue weighted by atomic mass is 10.1. The number of rotatable bonds is 11. The Kier molecular flexibility index (Phi) is 8.85. The van der Waals surface area contributed by atoms with Crippen molar-refractivity contribution in [1.29, 1.82) is 0 Å². The number of sulfonamides is 1. The van der Waals surface area contributed by atoms with Crippen LogP contribution >= 0.6 is 11.3 Å². The summed E-state index contributed by atoms with van der Waals surface area (Å²) in [7, 11) is -3.16. The van der Waals surface area contributed by atoms with Crippen molar-refractivity contribution in [3.63, 3.8) is 0 Å². The summed E-state index contributed by atoms with van der Waals surface area (Å²) < 4.78 is 32.1. The minimum atomic E-state index is -3.16. The second-order valence-electron chi connectivity index (χ2n) is 10.7. The predicted octanol–water partition coefficient (Wildman–Crippen LogP) is 2.32. The van der Waals surface area contributed by atoms with Crippen LogP contribution in [0.2, 0.25) is 0 Å². The maximum atomic E-state index is 11.9. The van der Waals surface area contributed by atoms with Crippen LogP contribution < -0.4 is 15.7 Å². The van der Waals surface area contributed by atoms with E-state index >= 15 is 0 Å². The molecule has 5 heterocycles. The molecule has 0 aliphatic carbocycles. The van der Waals surface area contributed by atoms with Crippen LogP contribution in [0.4, 0.5) is 11.6 Å². The van der Waals surface area contributed by atoms with E-state index in [4.69, 9.17) is 19.9 Å². The van der Waals surface area contributed by atoms with Crippen molar-refractivity contribution in [3.05, 3.63) is 29.1 Å². The normalized spacial score (nSPS) is 17.4. The molecule has 226 valence electrons. The van der Waals surface area contributed by atoms with Crippen LogP contribution in [-0.2, 0) is 21.3 Å². The van der Waals surface area contributed by atoms with Gasteiger partial charge in [-0.2, -0.15) is 9.40 Å². The van der Waals surface area contributed by atoms with Crippen molar-refractivity contribution in [3.8, 4) is 11.4 Å². The standard InChI is InChI=1S/C27H37N9O4S2/c1-42(38,39)36-11-9-34(10-12-36)18-19-17-22-24(41-19)27(35-13-15-40-16-14-35)31-25(30-22)20-5-4-6-21-23(20)26(33-32-21)28-7-2-3-8-29-37/h4-6,17,29,37H,2-3,7-16,18H2,1H3,(H2,28,32,33). The van der Waals surface area contributed by atoms with Crippen molar-refractivity contribution in [1.82, 2.24) is 34.9 Å². The molecule has 0 atom stereocenters. The zero-order chi connectivity index (χ0) is 29.1. The number of unbranched alkanes of at least 4 members (excludes halogenated alkanes) is 1. The van der Waals surface area contributed by atoms with Gasteiger partial charge in [0.05, 0.1) is 40.6 Å². The third-order valence-electron chi connectivity index (χ3n) is 7.73. The maximum Gasteiger partial charge on any atom is 0.211 e. The minimum Gasteiger partial charge on any atom is -0.378 e. The number of aromatic amines is 1. The second kappa shape index (κ2) is 12.8. The van der Waals surface area contributed by atoms with Gasteiger partial charge in [-0.3, -0.25) is 10.00 Å². The molecule has 2 aliphatic rings. The largest absolute Gasteiger partial charge is 0.378 e. The first-order chi connectivity index (χ1) is 20.4. The van der Waals surface area contributed by atoms with Crippen LogP contribution in [0.25, 0.3) is 32.5 Å². The molecule has 4 N–H and O–H groups in total. The number of benzene rings is 1. The second-order valence-corrected chi connectivity index (χ2v) is 13.8. The highest BCUT2D eigenvalue weighted by molar-refractivity contribution is 7.88. The third kappa shape index (κ3) is 6.37. The average molecular weight is 616 g/mol. The highest BCUT2D eigenvalue weighted by atomic mass is 32.2. The van der Waals surface area contributed by atoms with E-state index in [1.54, 1.807) is 15.6 Å². The Hall–Kier alpha value is -2.92. The topological polar surface area (TPSA) is 152 Å². The zero-order valence-corrected chi connectivity index (χ0v) is 25.3. The number of morpholine rings is 1. The Labute approximate surface area is 248 Å². The number of aromatic nitrogens is 4. The molecule has 0 saturated carbocycles. The smallest absolute Gasteiger partial charge is 0.211 e. The molecule has 1 aromatic carbocycles. The summed E-state index contributed by atoms with van der Waals surface area (Å²) in [4.78, 5) is 16.0. The van der Waals surface area contributed by atoms with Crippen LogP contribution in [0.15, 0.2) is 24.3 Å². The predicted molar refractivity (Wildman–Crippen MR) is 165 cm³/mol. The monoisotopic (exact) mass is 615 g/mol. The zero-order valence-electron chi connectivity index (χ0n) is 23.7. The molecule has 4 aromatic rings. The van der Waals surface area contributed by atoms with Gasteiger partial charge in [-0.15, -0.1) is 11.3 Å². The van der Waals surface area contributed by atoms with Gasteiger partial charge in [-0.05, 0) is 25.0 Å². The number of hydrogen-bond acceptors (Lipinski definition) is 12. The molecule has 42 heavy (non-hydrogen) atoms. The van der Waals surface area contributed by atoms with E-state index in [9.17, 15) is 8.42 Å². The molecular formula is C27H37N9O4S2. The fourth-order valence-corrected chi connectivity index (χ4v) is 7.50. The fourth-order valence-electron chi connectivity index (χ4n) is 5.51. The molecule has 0 spiro atoms. The van der Waals surface area contributed by atoms with Crippen molar-refractivity contribution < 1.29 is 18.4 Å². The highest BCUT2D eigenvalue weighted by Gasteiger charge is 2.25. The van der Waals surface area contributed by atoms with E-state index in [0.29, 0.717) is 51.8 Å². The van der Waals surface area contributed by atoms with Gasteiger partial charge in [-0.1, -0.05) is 12.1 Å². The first kappa shape index (κ1) is 29.2. The average Bonchev–Trinajstić information content (AvgIpc) is 3.60. The lowest BCUT2D eigenvalue weighted by molar-refractivity contribution is 0.122. The number of nitrogens with zero attached hydrogens (tertiary/aromatic N) is 6. The molecule has 3 aromatic heterocycles. The summed E-state index contributed by atoms with van der Waals surface area (Å²) in [6.45, 7) is 7.26. The van der Waals surface area contributed by atoms with Gasteiger partial charge < -0.3 is 20.2 Å². The highest BCUT2D eigenvalue weighted by Crippen LogP contribution is 2.37. The lowest BCUT2D eigenvalue weighted by Gasteiger charge is -2.32. The Morgan fingerprint density at radius 2 is 1.86 bits per heavy atom. The SMILES string of the molecule is CS(=O)(=O)N1CCN(Cc2cc3nc(-c4cccc5[nH]nc(NCCCCNO)c45)nc(N4CCOCC4)c3s2)CC1. The van der Waals surface area contributed by atoms with Crippen LogP contribution in [-0.4, -0.2) is 115 Å². The molecule has 2 saturated heterocycles. The molecule has 0 bridgehead atoms. The number of H-pyrrole nitrogens is 1. The Morgan fingerprint density at radius 1 is 1.07 bits per heavy atom. The van der Waals surface area contributed by atoms with E-state index in [0.717, 1.165) is 77.3 Å². The van der Waals surface area contributed by atoms with Crippen LogP contribution in [0.5, 0.6) is 0 Å². The van der Waals surface area contributed by atoms with E-state index in [1.165, 1.54) is 11.1 Å². The summed E-state index contributed by atoms with van der Waals surface area (Å²) in [5, 5.41) is 20.9. The van der Waals surface area contributed by atoms with Crippen molar-refractivity contribution in [2.75, 3.05) is 82.0 Å². The first-order valence-electron chi connectivity index (χ1n) is 14.3. The first-order valence-corrected chi connectivity index (χ1v) is 17.0. The van der Waals surface area contributed by atoms with E-state index in [1.807, 2.05) is 18.2 Å². The Balaban J connectivity index is 1.32. The molecule has 0 radical (unpaired) electrons. The number of nitrogens with one attached hydrogen (secondary N) is 3. The van der Waals surface area contributed by atoms with E-state index in [2.05, 4.69) is 36.9 Å². The summed E-state index contributed by atoms with van der Waals surface area (Å²) in [5.41, 5.74) is 4.91. The van der Waals surface area contributed by atoms with Gasteiger partial charge in [0, 0.05) is 69.3 Å². The van der Waals surface area contributed by atoms with Crippen LogP contribution in [0, 0.1) is 0 Å². The summed E-state index contributed by atoms with van der Waals surface area (Å²) in [6.07, 6.45) is 3.00. The Bertz CT molecular complexity index is 1630. The van der Waals surface area contributed by atoms with Gasteiger partial charge in [0.15, 0.2) is 17.5 Å². The van der Waals surface area contributed by atoms with E-state index < -0.39 is 10.0 Å². The van der Waals surface area contributed by atoms with Crippen LogP contribution in [0.3, 0.4) is 0 Å². The van der Waals surface area contributed by atoms with Gasteiger partial charge in [0.1, 0.15) is 0 Å². The van der Waals surface area contributed by atoms with Crippen molar-refractivity contribution in [2.24, 2.45) is 0 Å². The molecule has 13 nitrogen and oxygen atoms in total. The number of ether oxygens (including phenoxy) is 1. The molecule has 0 unspecified atom stereocenters. The minimum absolute atomic E-state index is 0.510. The maximum absolute atomic E-state index is 11.9. The van der Waals surface area contributed by atoms with Crippen molar-refractivity contribution >= 4 is 54.1 Å². The number of anilines is 2. The quantitative estimate of drug-likeness (QED) is 0.145. The molecular weight excluding hydrogens is 578 g/mol. The molecule has 6 rings (SSSR count). The number of hydrogen-bond donors (Lipinski definition) is 4. The molecule has 2 fully saturated rings. The molecule has 0 amide bonds. The van der Waals surface area contributed by atoms with E-state index in [-0.39, 0.29) is 0 Å². The number of piperazine rings is 1. The fraction of sp³-hybridized carbons (Fsp3) is 0.519. The van der Waals surface area contributed by atoms with Gasteiger partial charge in [0.2, 0.25) is 10.0 Å². The summed E-state index contributed by atoms with van der Waals surface area (Å²) in [5.74, 6) is 2.33. The molecule has 15 heteroatoms.